The third-order valence-electron chi connectivity index (χ3n) is 3.08. The maximum absolute atomic E-state index is 9.99. The normalized spacial score (nSPS) is 13.6. The first kappa shape index (κ1) is 15.2. The van der Waals surface area contributed by atoms with Crippen molar-refractivity contribution in [2.24, 2.45) is 0 Å². The number of aliphatic hydroxyl groups is 1. The molecule has 0 radical (unpaired) electrons. The van der Waals surface area contributed by atoms with E-state index in [0.29, 0.717) is 6.61 Å². The lowest BCUT2D eigenvalue weighted by Crippen LogP contribution is -2.12. The summed E-state index contributed by atoms with van der Waals surface area (Å²) in [6, 6.07) is 8.16. The van der Waals surface area contributed by atoms with E-state index < -0.39 is 6.10 Å². The molecule has 2 heteroatoms. The quantitative estimate of drug-likeness (QED) is 0.777. The molecule has 102 valence electrons. The molecular weight excluding hydrogens is 224 g/mol. The molecule has 0 aliphatic carbocycles. The zero-order valence-electron chi connectivity index (χ0n) is 12.1. The highest BCUT2D eigenvalue weighted by atomic mass is 16.5. The van der Waals surface area contributed by atoms with Crippen LogP contribution in [0.4, 0.5) is 0 Å². The van der Waals surface area contributed by atoms with Crippen LogP contribution in [0.5, 0.6) is 0 Å². The van der Waals surface area contributed by atoms with Crippen LogP contribution >= 0.6 is 0 Å². The molecule has 0 aliphatic heterocycles. The van der Waals surface area contributed by atoms with Crippen molar-refractivity contribution in [2.75, 3.05) is 13.2 Å². The summed E-state index contributed by atoms with van der Waals surface area (Å²) in [5, 5.41) is 9.99. The number of aliphatic hydroxyl groups excluding tert-OH is 1. The van der Waals surface area contributed by atoms with Crippen LogP contribution in [-0.4, -0.2) is 18.3 Å². The summed E-state index contributed by atoms with van der Waals surface area (Å²) in [7, 11) is 0. The lowest BCUT2D eigenvalue weighted by atomic mass is 9.86. The van der Waals surface area contributed by atoms with E-state index in [4.69, 9.17) is 4.74 Å². The highest BCUT2D eigenvalue weighted by Gasteiger charge is 2.14. The van der Waals surface area contributed by atoms with Gasteiger partial charge in [-0.1, -0.05) is 58.4 Å². The summed E-state index contributed by atoms with van der Waals surface area (Å²) in [5.41, 5.74) is 2.37. The molecule has 1 N–H and O–H groups in total. The van der Waals surface area contributed by atoms with Crippen LogP contribution in [0, 0.1) is 0 Å². The molecule has 1 rings (SSSR count). The minimum absolute atomic E-state index is 0.154. The fraction of sp³-hybridized carbons (Fsp3) is 0.625. The van der Waals surface area contributed by atoms with Gasteiger partial charge in [0.05, 0.1) is 6.61 Å². The fourth-order valence-electron chi connectivity index (χ4n) is 1.74. The second kappa shape index (κ2) is 6.91. The van der Waals surface area contributed by atoms with Crippen LogP contribution in [0.15, 0.2) is 24.3 Å². The lowest BCUT2D eigenvalue weighted by Gasteiger charge is -2.20. The van der Waals surface area contributed by atoms with Crippen LogP contribution in [0.25, 0.3) is 0 Å². The molecule has 0 saturated heterocycles. The van der Waals surface area contributed by atoms with Crippen LogP contribution < -0.4 is 0 Å². The number of benzene rings is 1. The van der Waals surface area contributed by atoms with Crippen molar-refractivity contribution >= 4 is 0 Å². The highest BCUT2D eigenvalue weighted by molar-refractivity contribution is 5.28. The van der Waals surface area contributed by atoms with Gasteiger partial charge in [0.25, 0.3) is 0 Å². The molecule has 0 amide bonds. The van der Waals surface area contributed by atoms with Crippen LogP contribution in [-0.2, 0) is 10.2 Å². The number of unbranched alkanes of at least 4 members (excludes halogenated alkanes) is 1. The third-order valence-corrected chi connectivity index (χ3v) is 3.08. The van der Waals surface area contributed by atoms with Gasteiger partial charge >= 0.3 is 0 Å². The Morgan fingerprint density at radius 3 is 2.28 bits per heavy atom. The molecule has 0 aromatic heterocycles. The Morgan fingerprint density at radius 2 is 1.78 bits per heavy atom. The van der Waals surface area contributed by atoms with Gasteiger partial charge in [-0.25, -0.2) is 0 Å². The largest absolute Gasteiger partial charge is 0.386 e. The summed E-state index contributed by atoms with van der Waals surface area (Å²) >= 11 is 0. The van der Waals surface area contributed by atoms with Gasteiger partial charge in [-0.3, -0.25) is 0 Å². The predicted molar refractivity (Wildman–Crippen MR) is 75.8 cm³/mol. The van der Waals surface area contributed by atoms with Gasteiger partial charge in [0, 0.05) is 6.61 Å². The van der Waals surface area contributed by atoms with Gasteiger partial charge in [-0.2, -0.15) is 0 Å². The van der Waals surface area contributed by atoms with E-state index in [1.807, 2.05) is 12.1 Å². The van der Waals surface area contributed by atoms with Crippen molar-refractivity contribution in [1.29, 1.82) is 0 Å². The smallest absolute Gasteiger partial charge is 0.102 e. The Hall–Kier alpha value is -0.860. The van der Waals surface area contributed by atoms with Crippen LogP contribution in [0.2, 0.25) is 0 Å². The molecule has 0 saturated carbocycles. The summed E-state index contributed by atoms with van der Waals surface area (Å²) in [6.07, 6.45) is 1.65. The van der Waals surface area contributed by atoms with Crippen LogP contribution in [0.1, 0.15) is 57.8 Å². The van der Waals surface area contributed by atoms with Crippen molar-refractivity contribution in [3.8, 4) is 0 Å². The SMILES string of the molecule is CCCCOCC(O)c1ccc(C(C)(C)C)cc1. The first-order valence-corrected chi connectivity index (χ1v) is 6.81. The van der Waals surface area contributed by atoms with Crippen molar-refractivity contribution in [2.45, 2.75) is 52.1 Å². The van der Waals surface area contributed by atoms with E-state index >= 15 is 0 Å². The molecule has 18 heavy (non-hydrogen) atoms. The van der Waals surface area contributed by atoms with E-state index in [0.717, 1.165) is 25.0 Å². The van der Waals surface area contributed by atoms with Crippen molar-refractivity contribution in [3.05, 3.63) is 35.4 Å². The zero-order valence-corrected chi connectivity index (χ0v) is 12.1. The minimum atomic E-state index is -0.518. The van der Waals surface area contributed by atoms with Crippen molar-refractivity contribution < 1.29 is 9.84 Å². The molecule has 0 heterocycles. The zero-order chi connectivity index (χ0) is 13.6. The molecular formula is C16H26O2. The second-order valence-electron chi connectivity index (χ2n) is 5.82. The molecule has 0 aliphatic rings. The van der Waals surface area contributed by atoms with Gasteiger partial charge in [0.1, 0.15) is 6.10 Å². The first-order chi connectivity index (χ1) is 8.45. The van der Waals surface area contributed by atoms with E-state index in [9.17, 15) is 5.11 Å². The maximum Gasteiger partial charge on any atom is 0.102 e. The molecule has 2 nitrogen and oxygen atoms in total. The van der Waals surface area contributed by atoms with E-state index in [2.05, 4.69) is 39.8 Å². The highest BCUT2D eigenvalue weighted by Crippen LogP contribution is 2.24. The van der Waals surface area contributed by atoms with Crippen LogP contribution in [0.3, 0.4) is 0 Å². The number of hydrogen-bond donors (Lipinski definition) is 1. The number of rotatable bonds is 6. The average molecular weight is 250 g/mol. The number of ether oxygens (including phenoxy) is 1. The molecule has 0 spiro atoms. The first-order valence-electron chi connectivity index (χ1n) is 6.81. The lowest BCUT2D eigenvalue weighted by molar-refractivity contribution is 0.0349. The Labute approximate surface area is 111 Å². The standard InChI is InChI=1S/C16H26O2/c1-5-6-11-18-12-15(17)13-7-9-14(10-8-13)16(2,3)4/h7-10,15,17H,5-6,11-12H2,1-4H3. The van der Waals surface area contributed by atoms with E-state index in [1.165, 1.54) is 5.56 Å². The summed E-state index contributed by atoms with van der Waals surface area (Å²) in [6.45, 7) is 9.80. The average Bonchev–Trinajstić information content (AvgIpc) is 2.33. The molecule has 1 unspecified atom stereocenters. The second-order valence-corrected chi connectivity index (χ2v) is 5.82. The van der Waals surface area contributed by atoms with Gasteiger partial charge < -0.3 is 9.84 Å². The van der Waals surface area contributed by atoms with Gasteiger partial charge in [0.2, 0.25) is 0 Å². The molecule has 0 bridgehead atoms. The number of hydrogen-bond acceptors (Lipinski definition) is 2. The van der Waals surface area contributed by atoms with Gasteiger partial charge in [0.15, 0.2) is 0 Å². The Balaban J connectivity index is 2.51. The van der Waals surface area contributed by atoms with Gasteiger partial charge in [-0.05, 0) is 23.0 Å². The molecule has 1 aromatic rings. The van der Waals surface area contributed by atoms with Crippen molar-refractivity contribution in [1.82, 2.24) is 0 Å². The summed E-state index contributed by atoms with van der Waals surface area (Å²) < 4.78 is 5.44. The minimum Gasteiger partial charge on any atom is -0.386 e. The van der Waals surface area contributed by atoms with E-state index in [-0.39, 0.29) is 5.41 Å². The molecule has 1 atom stereocenters. The van der Waals surface area contributed by atoms with Gasteiger partial charge in [-0.15, -0.1) is 0 Å². The Kier molecular flexibility index (Phi) is 5.83. The topological polar surface area (TPSA) is 29.5 Å². The van der Waals surface area contributed by atoms with E-state index in [1.54, 1.807) is 0 Å². The summed E-state index contributed by atoms with van der Waals surface area (Å²) in [5.74, 6) is 0. The maximum atomic E-state index is 9.99. The molecule has 1 aromatic carbocycles. The monoisotopic (exact) mass is 250 g/mol. The summed E-state index contributed by atoms with van der Waals surface area (Å²) in [4.78, 5) is 0. The molecule has 0 fully saturated rings. The predicted octanol–water partition coefficient (Wildman–Crippen LogP) is 3.83. The Morgan fingerprint density at radius 1 is 1.17 bits per heavy atom. The van der Waals surface area contributed by atoms with Crippen molar-refractivity contribution in [3.63, 3.8) is 0 Å². The Bertz CT molecular complexity index is 335. The third kappa shape index (κ3) is 4.79. The fourth-order valence-corrected chi connectivity index (χ4v) is 1.74.